The first kappa shape index (κ1) is 16.1. The number of amides is 1. The molecule has 0 bridgehead atoms. The Morgan fingerprint density at radius 1 is 1.24 bits per heavy atom. The monoisotopic (exact) mass is 396 g/mol. The fraction of sp³-hybridized carbons (Fsp3) is 0.200. The van der Waals surface area contributed by atoms with Gasteiger partial charge in [0.2, 0.25) is 5.43 Å². The van der Waals surface area contributed by atoms with Crippen LogP contribution in [0.5, 0.6) is 0 Å². The predicted octanol–water partition coefficient (Wildman–Crippen LogP) is 4.44. The number of aryl methyl sites for hydroxylation is 1. The molecule has 4 rings (SSSR count). The lowest BCUT2D eigenvalue weighted by molar-refractivity contribution is 0.102. The van der Waals surface area contributed by atoms with Gasteiger partial charge in [0.05, 0.1) is 5.52 Å². The van der Waals surface area contributed by atoms with Crippen LogP contribution in [-0.4, -0.2) is 10.5 Å². The molecule has 2 aromatic carbocycles. The zero-order valence-electron chi connectivity index (χ0n) is 14.0. The first-order valence-corrected chi connectivity index (χ1v) is 8.98. The summed E-state index contributed by atoms with van der Waals surface area (Å²) in [4.78, 5) is 25.6. The average Bonchev–Trinajstić information content (AvgIpc) is 2.88. The summed E-state index contributed by atoms with van der Waals surface area (Å²) in [5, 5.41) is 3.41. The van der Waals surface area contributed by atoms with Crippen molar-refractivity contribution < 1.29 is 4.79 Å². The molecule has 3 aromatic rings. The summed E-state index contributed by atoms with van der Waals surface area (Å²) < 4.78 is 2.91. The molecule has 0 radical (unpaired) electrons. The average molecular weight is 397 g/mol. The SMILES string of the molecule is Cc1ccc(NC(=O)c2cn3c4c(cc(Br)cc4c2=O)C[C@H]3C)cc1. The van der Waals surface area contributed by atoms with Crippen LogP contribution in [0, 0.1) is 6.92 Å². The molecule has 1 aromatic heterocycles. The molecule has 0 aliphatic carbocycles. The van der Waals surface area contributed by atoms with Crippen molar-refractivity contribution >= 4 is 38.4 Å². The summed E-state index contributed by atoms with van der Waals surface area (Å²) in [7, 11) is 0. The molecule has 0 saturated heterocycles. The van der Waals surface area contributed by atoms with Crippen LogP contribution in [0.2, 0.25) is 0 Å². The van der Waals surface area contributed by atoms with Crippen molar-refractivity contribution in [2.75, 3.05) is 5.32 Å². The number of aromatic nitrogens is 1. The van der Waals surface area contributed by atoms with E-state index in [0.29, 0.717) is 11.1 Å². The second-order valence-corrected chi connectivity index (χ2v) is 7.53. The number of hydrogen-bond acceptors (Lipinski definition) is 2. The number of pyridine rings is 1. The van der Waals surface area contributed by atoms with Crippen LogP contribution in [0.4, 0.5) is 5.69 Å². The Morgan fingerprint density at radius 3 is 2.68 bits per heavy atom. The third-order valence-corrected chi connectivity index (χ3v) is 5.17. The summed E-state index contributed by atoms with van der Waals surface area (Å²) >= 11 is 3.47. The highest BCUT2D eigenvalue weighted by atomic mass is 79.9. The minimum Gasteiger partial charge on any atom is -0.343 e. The molecule has 5 heteroatoms. The van der Waals surface area contributed by atoms with Crippen LogP contribution in [-0.2, 0) is 6.42 Å². The molecular formula is C20H17BrN2O2. The predicted molar refractivity (Wildman–Crippen MR) is 103 cm³/mol. The van der Waals surface area contributed by atoms with Crippen molar-refractivity contribution in [1.82, 2.24) is 4.57 Å². The lowest BCUT2D eigenvalue weighted by Gasteiger charge is -2.13. The summed E-state index contributed by atoms with van der Waals surface area (Å²) in [6, 6.07) is 11.6. The highest BCUT2D eigenvalue weighted by Gasteiger charge is 2.25. The topological polar surface area (TPSA) is 51.1 Å². The number of nitrogens with one attached hydrogen (secondary N) is 1. The number of carbonyl (C=O) groups is 1. The maximum Gasteiger partial charge on any atom is 0.261 e. The van der Waals surface area contributed by atoms with E-state index in [4.69, 9.17) is 0 Å². The quantitative estimate of drug-likeness (QED) is 0.695. The number of nitrogens with zero attached hydrogens (tertiary/aromatic N) is 1. The third-order valence-electron chi connectivity index (χ3n) is 4.71. The Balaban J connectivity index is 1.83. The number of carbonyl (C=O) groups excluding carboxylic acids is 1. The van der Waals surface area contributed by atoms with Crippen LogP contribution in [0.1, 0.15) is 34.5 Å². The molecule has 0 spiro atoms. The number of hydrogen-bond donors (Lipinski definition) is 1. The Kier molecular flexibility index (Phi) is 3.76. The van der Waals surface area contributed by atoms with Gasteiger partial charge in [0.15, 0.2) is 0 Å². The number of anilines is 1. The van der Waals surface area contributed by atoms with Crippen LogP contribution in [0.15, 0.2) is 51.9 Å². The van der Waals surface area contributed by atoms with E-state index in [1.165, 1.54) is 0 Å². The van der Waals surface area contributed by atoms with Gasteiger partial charge < -0.3 is 9.88 Å². The zero-order valence-corrected chi connectivity index (χ0v) is 15.6. The molecule has 4 nitrogen and oxygen atoms in total. The van der Waals surface area contributed by atoms with Crippen LogP contribution in [0.3, 0.4) is 0 Å². The molecule has 25 heavy (non-hydrogen) atoms. The second kappa shape index (κ2) is 5.85. The van der Waals surface area contributed by atoms with E-state index < -0.39 is 0 Å². The minimum atomic E-state index is -0.375. The maximum absolute atomic E-state index is 12.9. The van der Waals surface area contributed by atoms with Gasteiger partial charge in [0, 0.05) is 27.8 Å². The Bertz CT molecular complexity index is 1070. The highest BCUT2D eigenvalue weighted by molar-refractivity contribution is 9.10. The van der Waals surface area contributed by atoms with Crippen molar-refractivity contribution in [1.29, 1.82) is 0 Å². The van der Waals surface area contributed by atoms with Crippen LogP contribution in [0.25, 0.3) is 10.9 Å². The summed E-state index contributed by atoms with van der Waals surface area (Å²) in [5.41, 5.74) is 3.81. The van der Waals surface area contributed by atoms with Crippen molar-refractivity contribution in [3.05, 3.63) is 74.0 Å². The van der Waals surface area contributed by atoms with Gasteiger partial charge in [0.25, 0.3) is 5.91 Å². The lowest BCUT2D eigenvalue weighted by atomic mass is 10.1. The molecular weight excluding hydrogens is 380 g/mol. The van der Waals surface area contributed by atoms with E-state index >= 15 is 0 Å². The van der Waals surface area contributed by atoms with E-state index in [1.54, 1.807) is 12.3 Å². The highest BCUT2D eigenvalue weighted by Crippen LogP contribution is 2.33. The molecule has 0 fully saturated rings. The van der Waals surface area contributed by atoms with E-state index in [0.717, 1.165) is 27.5 Å². The summed E-state index contributed by atoms with van der Waals surface area (Å²) in [6.07, 6.45) is 2.56. The smallest absolute Gasteiger partial charge is 0.261 e. The standard InChI is InChI=1S/C20H17BrN2O2/c1-11-3-5-15(6-4-11)22-20(25)17-10-23-12(2)7-13-8-14(21)9-16(18(13)23)19(17)24/h3-6,8-10,12H,7H2,1-2H3,(H,22,25)/t12-/m1/s1. The molecule has 0 saturated carbocycles. The molecule has 1 amide bonds. The van der Waals surface area contributed by atoms with Gasteiger partial charge in [-0.2, -0.15) is 0 Å². The number of benzene rings is 2. The first-order chi connectivity index (χ1) is 11.9. The fourth-order valence-corrected chi connectivity index (χ4v) is 3.96. The van der Waals surface area contributed by atoms with Crippen LogP contribution < -0.4 is 10.7 Å². The Labute approximate surface area is 153 Å². The van der Waals surface area contributed by atoms with Gasteiger partial charge in [-0.3, -0.25) is 9.59 Å². The van der Waals surface area contributed by atoms with Crippen molar-refractivity contribution in [3.63, 3.8) is 0 Å². The van der Waals surface area contributed by atoms with Gasteiger partial charge in [-0.25, -0.2) is 0 Å². The first-order valence-electron chi connectivity index (χ1n) is 8.19. The number of halogens is 1. The van der Waals surface area contributed by atoms with Gasteiger partial charge in [-0.05, 0) is 50.1 Å². The van der Waals surface area contributed by atoms with Gasteiger partial charge in [-0.15, -0.1) is 0 Å². The lowest BCUT2D eigenvalue weighted by Crippen LogP contribution is -2.23. The molecule has 126 valence electrons. The largest absolute Gasteiger partial charge is 0.343 e. The van der Waals surface area contributed by atoms with Crippen LogP contribution >= 0.6 is 15.9 Å². The molecule has 1 N–H and O–H groups in total. The molecule has 0 unspecified atom stereocenters. The van der Waals surface area contributed by atoms with Crippen molar-refractivity contribution in [2.24, 2.45) is 0 Å². The second-order valence-electron chi connectivity index (χ2n) is 6.61. The Morgan fingerprint density at radius 2 is 1.96 bits per heavy atom. The normalized spacial score (nSPS) is 15.6. The van der Waals surface area contributed by atoms with E-state index in [2.05, 4.69) is 28.2 Å². The van der Waals surface area contributed by atoms with Gasteiger partial charge >= 0.3 is 0 Å². The minimum absolute atomic E-state index is 0.172. The van der Waals surface area contributed by atoms with E-state index in [1.807, 2.05) is 41.8 Å². The molecule has 1 atom stereocenters. The van der Waals surface area contributed by atoms with E-state index in [-0.39, 0.29) is 22.9 Å². The Hall–Kier alpha value is -2.40. The maximum atomic E-state index is 12.9. The summed E-state index contributed by atoms with van der Waals surface area (Å²) in [5.74, 6) is -0.375. The zero-order chi connectivity index (χ0) is 17.7. The molecule has 2 heterocycles. The van der Waals surface area contributed by atoms with Gasteiger partial charge in [-0.1, -0.05) is 33.6 Å². The van der Waals surface area contributed by atoms with Crippen molar-refractivity contribution in [3.8, 4) is 0 Å². The van der Waals surface area contributed by atoms with E-state index in [9.17, 15) is 9.59 Å². The molecule has 1 aliphatic rings. The third kappa shape index (κ3) is 2.68. The van der Waals surface area contributed by atoms with Crippen molar-refractivity contribution in [2.45, 2.75) is 26.3 Å². The number of rotatable bonds is 2. The fourth-order valence-electron chi connectivity index (χ4n) is 3.46. The van der Waals surface area contributed by atoms with Gasteiger partial charge in [0.1, 0.15) is 5.56 Å². The molecule has 1 aliphatic heterocycles. The summed E-state index contributed by atoms with van der Waals surface area (Å²) in [6.45, 7) is 4.08.